The quantitative estimate of drug-likeness (QED) is 0.0263. The number of unbranched alkanes of at least 4 members (excludes halogenated alkanes) is 15. The van der Waals surface area contributed by atoms with E-state index in [2.05, 4.69) is 130 Å². The van der Waals surface area contributed by atoms with Crippen molar-refractivity contribution in [3.63, 3.8) is 0 Å². The summed E-state index contributed by atoms with van der Waals surface area (Å²) < 4.78 is 16.7. The SMILES string of the molecule is CC/C=C\C/C=C\C/C=C\C/C=C\C/C=C\CCCC(=O)OC[C@H](COC(=O)CCC/C=C\C/C=C\C/C=C\CCCCCCCC)OC(=O)CCCCCCC/C=C\CCCC. The van der Waals surface area contributed by atoms with Gasteiger partial charge in [0, 0.05) is 19.3 Å². The number of hydrogen-bond acceptors (Lipinski definition) is 6. The summed E-state index contributed by atoms with van der Waals surface area (Å²) >= 11 is 0. The Bertz CT molecular complexity index is 1330. The summed E-state index contributed by atoms with van der Waals surface area (Å²) in [4.78, 5) is 37.9. The van der Waals surface area contributed by atoms with Gasteiger partial charge in [0.15, 0.2) is 6.10 Å². The number of allylic oxidation sites excluding steroid dienone is 18. The molecule has 0 rings (SSSR count). The smallest absolute Gasteiger partial charge is 0.306 e. The third-order valence-corrected chi connectivity index (χ3v) is 10.2. The molecule has 6 nitrogen and oxygen atoms in total. The molecule has 0 bridgehead atoms. The molecule has 0 aliphatic heterocycles. The number of hydrogen-bond donors (Lipinski definition) is 0. The fourth-order valence-electron chi connectivity index (χ4n) is 6.41. The highest BCUT2D eigenvalue weighted by atomic mass is 16.6. The van der Waals surface area contributed by atoms with Crippen molar-refractivity contribution in [2.75, 3.05) is 13.2 Å². The maximum Gasteiger partial charge on any atom is 0.306 e. The van der Waals surface area contributed by atoms with Crippen LogP contribution in [0.2, 0.25) is 0 Å². The van der Waals surface area contributed by atoms with Gasteiger partial charge in [0.25, 0.3) is 0 Å². The largest absolute Gasteiger partial charge is 0.462 e. The second kappa shape index (κ2) is 50.7. The Hall–Kier alpha value is -3.93. The monoisotopic (exact) mass is 873 g/mol. The fraction of sp³-hybridized carbons (Fsp3) is 0.632. The van der Waals surface area contributed by atoms with Crippen molar-refractivity contribution in [2.45, 2.75) is 219 Å². The van der Waals surface area contributed by atoms with E-state index in [0.29, 0.717) is 19.3 Å². The molecule has 63 heavy (non-hydrogen) atoms. The molecule has 0 amide bonds. The van der Waals surface area contributed by atoms with E-state index in [1.54, 1.807) is 0 Å². The van der Waals surface area contributed by atoms with E-state index in [-0.39, 0.29) is 44.0 Å². The Balaban J connectivity index is 4.54. The van der Waals surface area contributed by atoms with Crippen LogP contribution < -0.4 is 0 Å². The van der Waals surface area contributed by atoms with Crippen LogP contribution in [0.4, 0.5) is 0 Å². The standard InChI is InChI=1S/C57H92O6/c1-4-7-10-13-16-19-22-24-26-28-30-32-35-37-40-43-46-49-55(58)61-52-54(63-57(60)51-48-45-42-39-34-21-18-15-12-9-6-3)53-62-56(59)50-47-44-41-38-36-33-31-29-27-25-23-20-17-14-11-8-5-2/h7,10,15-16,18-19,24-27,30-33,37-38,40-41,54H,4-6,8-9,11-14,17,20-23,28-29,34-36,39,42-53H2,1-3H3/b10-7-,18-15-,19-16-,26-24-,27-25-,32-30-,33-31-,40-37-,41-38-/t54-/m1/s1. The molecule has 356 valence electrons. The summed E-state index contributed by atoms with van der Waals surface area (Å²) in [6.45, 7) is 6.36. The Morgan fingerprint density at radius 2 is 0.651 bits per heavy atom. The van der Waals surface area contributed by atoms with Crippen molar-refractivity contribution in [3.8, 4) is 0 Å². The van der Waals surface area contributed by atoms with Crippen molar-refractivity contribution in [2.24, 2.45) is 0 Å². The Labute approximate surface area is 387 Å². The highest BCUT2D eigenvalue weighted by Gasteiger charge is 2.19. The van der Waals surface area contributed by atoms with Crippen molar-refractivity contribution >= 4 is 17.9 Å². The first-order valence-electron chi connectivity index (χ1n) is 25.4. The normalized spacial score (nSPS) is 13.0. The molecule has 0 aliphatic carbocycles. The number of carbonyl (C=O) groups excluding carboxylic acids is 3. The molecule has 0 saturated heterocycles. The van der Waals surface area contributed by atoms with Gasteiger partial charge in [-0.1, -0.05) is 194 Å². The average Bonchev–Trinajstić information content (AvgIpc) is 3.28. The molecule has 0 saturated carbocycles. The molecule has 0 radical (unpaired) electrons. The zero-order valence-electron chi connectivity index (χ0n) is 40.5. The van der Waals surface area contributed by atoms with Crippen LogP contribution in [0.1, 0.15) is 213 Å². The van der Waals surface area contributed by atoms with Crippen LogP contribution in [0.25, 0.3) is 0 Å². The average molecular weight is 873 g/mol. The number of carbonyl (C=O) groups is 3. The predicted octanol–water partition coefficient (Wildman–Crippen LogP) is 16.8. The van der Waals surface area contributed by atoms with Crippen molar-refractivity contribution < 1.29 is 28.6 Å². The first-order chi connectivity index (χ1) is 31.0. The molecule has 0 aromatic carbocycles. The molecule has 0 aliphatic rings. The number of rotatable bonds is 44. The van der Waals surface area contributed by atoms with Crippen molar-refractivity contribution in [3.05, 3.63) is 109 Å². The first kappa shape index (κ1) is 59.1. The molecule has 0 heterocycles. The number of ether oxygens (including phenoxy) is 3. The molecule has 0 fully saturated rings. The summed E-state index contributed by atoms with van der Waals surface area (Å²) in [5, 5.41) is 0. The van der Waals surface area contributed by atoms with Gasteiger partial charge >= 0.3 is 17.9 Å². The lowest BCUT2D eigenvalue weighted by Crippen LogP contribution is -2.30. The van der Waals surface area contributed by atoms with Crippen LogP contribution in [0.15, 0.2) is 109 Å². The van der Waals surface area contributed by atoms with Gasteiger partial charge in [0.2, 0.25) is 0 Å². The minimum absolute atomic E-state index is 0.127. The van der Waals surface area contributed by atoms with E-state index in [4.69, 9.17) is 14.2 Å². The van der Waals surface area contributed by atoms with Gasteiger partial charge in [-0.25, -0.2) is 0 Å². The van der Waals surface area contributed by atoms with Gasteiger partial charge in [0.1, 0.15) is 13.2 Å². The maximum atomic E-state index is 12.7. The van der Waals surface area contributed by atoms with Gasteiger partial charge in [-0.2, -0.15) is 0 Å². The summed E-state index contributed by atoms with van der Waals surface area (Å²) in [5.74, 6) is -1.05. The summed E-state index contributed by atoms with van der Waals surface area (Å²) in [5.41, 5.74) is 0. The minimum atomic E-state index is -0.826. The molecule has 0 aromatic rings. The van der Waals surface area contributed by atoms with Gasteiger partial charge in [-0.05, 0) is 109 Å². The van der Waals surface area contributed by atoms with Gasteiger partial charge < -0.3 is 14.2 Å². The third kappa shape index (κ3) is 49.0. The highest BCUT2D eigenvalue weighted by molar-refractivity contribution is 5.71. The Kier molecular flexibility index (Phi) is 47.5. The molecule has 0 unspecified atom stereocenters. The molecule has 0 N–H and O–H groups in total. The van der Waals surface area contributed by atoms with Crippen LogP contribution in [0.3, 0.4) is 0 Å². The Morgan fingerprint density at radius 1 is 0.333 bits per heavy atom. The maximum absolute atomic E-state index is 12.7. The molecule has 6 heteroatoms. The summed E-state index contributed by atoms with van der Waals surface area (Å²) in [7, 11) is 0. The van der Waals surface area contributed by atoms with Gasteiger partial charge in [-0.15, -0.1) is 0 Å². The Morgan fingerprint density at radius 3 is 1.08 bits per heavy atom. The van der Waals surface area contributed by atoms with E-state index < -0.39 is 6.10 Å². The number of esters is 3. The topological polar surface area (TPSA) is 78.9 Å². The van der Waals surface area contributed by atoms with Crippen LogP contribution in [-0.2, 0) is 28.6 Å². The first-order valence-corrected chi connectivity index (χ1v) is 25.4. The third-order valence-electron chi connectivity index (χ3n) is 10.2. The van der Waals surface area contributed by atoms with E-state index in [1.807, 2.05) is 0 Å². The molecular formula is C57H92O6. The zero-order chi connectivity index (χ0) is 45.8. The van der Waals surface area contributed by atoms with Crippen LogP contribution >= 0.6 is 0 Å². The summed E-state index contributed by atoms with van der Waals surface area (Å²) in [6.07, 6.45) is 68.0. The highest BCUT2D eigenvalue weighted by Crippen LogP contribution is 2.12. The van der Waals surface area contributed by atoms with Crippen LogP contribution in [0.5, 0.6) is 0 Å². The van der Waals surface area contributed by atoms with E-state index in [0.717, 1.165) is 96.3 Å². The van der Waals surface area contributed by atoms with E-state index in [1.165, 1.54) is 64.2 Å². The van der Waals surface area contributed by atoms with Crippen LogP contribution in [-0.4, -0.2) is 37.2 Å². The lowest BCUT2D eigenvalue weighted by Gasteiger charge is -2.18. The van der Waals surface area contributed by atoms with E-state index >= 15 is 0 Å². The lowest BCUT2D eigenvalue weighted by molar-refractivity contribution is -0.167. The summed E-state index contributed by atoms with van der Waals surface area (Å²) in [6, 6.07) is 0. The van der Waals surface area contributed by atoms with Crippen molar-refractivity contribution in [1.29, 1.82) is 0 Å². The molecule has 1 atom stereocenters. The van der Waals surface area contributed by atoms with Gasteiger partial charge in [-0.3, -0.25) is 14.4 Å². The van der Waals surface area contributed by atoms with Crippen molar-refractivity contribution in [1.82, 2.24) is 0 Å². The second-order valence-corrected chi connectivity index (χ2v) is 16.3. The minimum Gasteiger partial charge on any atom is -0.462 e. The van der Waals surface area contributed by atoms with Crippen LogP contribution in [0, 0.1) is 0 Å². The predicted molar refractivity (Wildman–Crippen MR) is 270 cm³/mol. The molecule has 0 spiro atoms. The second-order valence-electron chi connectivity index (χ2n) is 16.3. The zero-order valence-corrected chi connectivity index (χ0v) is 40.5. The molecular weight excluding hydrogens is 781 g/mol. The van der Waals surface area contributed by atoms with Gasteiger partial charge in [0.05, 0.1) is 0 Å². The molecule has 0 aromatic heterocycles. The lowest BCUT2D eigenvalue weighted by atomic mass is 10.1. The van der Waals surface area contributed by atoms with E-state index in [9.17, 15) is 14.4 Å². The fourth-order valence-corrected chi connectivity index (χ4v) is 6.41.